The van der Waals surface area contributed by atoms with Crippen molar-refractivity contribution in [1.82, 2.24) is 9.97 Å². The highest BCUT2D eigenvalue weighted by atomic mass is 19.4. The second-order valence-corrected chi connectivity index (χ2v) is 6.27. The standard InChI is InChI=1S/C22H14F6N2/c23-21(24,25)17-7-1-15(2-8-17)5-11-19-13-30-20(14-29-19)12-6-16-3-9-18(10-4-16)22(26,27)28/h1-14H/b11-5+,12-6+. The van der Waals surface area contributed by atoms with Gasteiger partial charge in [0, 0.05) is 0 Å². The summed E-state index contributed by atoms with van der Waals surface area (Å²) in [4.78, 5) is 8.36. The van der Waals surface area contributed by atoms with Crippen LogP contribution in [0.25, 0.3) is 24.3 Å². The molecule has 1 heterocycles. The fourth-order valence-electron chi connectivity index (χ4n) is 2.45. The van der Waals surface area contributed by atoms with E-state index in [0.717, 1.165) is 24.3 Å². The fourth-order valence-corrected chi connectivity index (χ4v) is 2.45. The molecule has 0 saturated heterocycles. The molecule has 0 N–H and O–H groups in total. The van der Waals surface area contributed by atoms with Crippen molar-refractivity contribution in [3.63, 3.8) is 0 Å². The summed E-state index contributed by atoms with van der Waals surface area (Å²) in [6.07, 6.45) is 0.649. The van der Waals surface area contributed by atoms with Crippen LogP contribution in [0, 0.1) is 0 Å². The van der Waals surface area contributed by atoms with Crippen LogP contribution in [-0.2, 0) is 12.4 Å². The largest absolute Gasteiger partial charge is 0.416 e. The molecule has 0 saturated carbocycles. The van der Waals surface area contributed by atoms with Crippen molar-refractivity contribution in [2.24, 2.45) is 0 Å². The molecule has 1 aromatic heterocycles. The zero-order valence-electron chi connectivity index (χ0n) is 15.2. The maximum atomic E-state index is 12.6. The Kier molecular flexibility index (Phi) is 6.05. The zero-order valence-corrected chi connectivity index (χ0v) is 15.2. The smallest absolute Gasteiger partial charge is 0.253 e. The predicted octanol–water partition coefficient (Wildman–Crippen LogP) is 6.86. The van der Waals surface area contributed by atoms with Crippen LogP contribution in [0.4, 0.5) is 26.3 Å². The molecular formula is C22H14F6N2. The summed E-state index contributed by atoms with van der Waals surface area (Å²) in [6, 6.07) is 9.42. The van der Waals surface area contributed by atoms with Crippen molar-refractivity contribution in [2.45, 2.75) is 12.4 Å². The Balaban J connectivity index is 1.63. The quantitative estimate of drug-likeness (QED) is 0.431. The third-order valence-electron chi connectivity index (χ3n) is 4.06. The van der Waals surface area contributed by atoms with E-state index in [-0.39, 0.29) is 0 Å². The minimum atomic E-state index is -4.38. The van der Waals surface area contributed by atoms with Gasteiger partial charge in [0.15, 0.2) is 0 Å². The molecule has 0 aliphatic heterocycles. The van der Waals surface area contributed by atoms with Gasteiger partial charge in [0.1, 0.15) is 0 Å². The molecule has 0 spiro atoms. The van der Waals surface area contributed by atoms with Crippen molar-refractivity contribution in [1.29, 1.82) is 0 Å². The number of halogens is 6. The van der Waals surface area contributed by atoms with Crippen molar-refractivity contribution in [3.05, 3.63) is 94.6 Å². The molecule has 2 nitrogen and oxygen atoms in total. The number of rotatable bonds is 4. The van der Waals surface area contributed by atoms with Crippen LogP contribution in [0.1, 0.15) is 33.6 Å². The minimum absolute atomic E-state index is 0.501. The topological polar surface area (TPSA) is 25.8 Å². The second-order valence-electron chi connectivity index (χ2n) is 6.27. The molecule has 2 aromatic carbocycles. The first-order valence-corrected chi connectivity index (χ1v) is 8.64. The van der Waals surface area contributed by atoms with E-state index in [9.17, 15) is 26.3 Å². The van der Waals surface area contributed by atoms with Crippen LogP contribution in [0.15, 0.2) is 60.9 Å². The minimum Gasteiger partial charge on any atom is -0.253 e. The molecule has 154 valence electrons. The highest BCUT2D eigenvalue weighted by molar-refractivity contribution is 5.70. The Morgan fingerprint density at radius 1 is 0.500 bits per heavy atom. The molecule has 8 heteroatoms. The monoisotopic (exact) mass is 420 g/mol. The number of hydrogen-bond donors (Lipinski definition) is 0. The molecule has 0 bridgehead atoms. The lowest BCUT2D eigenvalue weighted by Crippen LogP contribution is -2.03. The number of hydrogen-bond acceptors (Lipinski definition) is 2. The Morgan fingerprint density at radius 3 is 1.10 bits per heavy atom. The van der Waals surface area contributed by atoms with Gasteiger partial charge < -0.3 is 0 Å². The molecule has 0 radical (unpaired) electrons. The van der Waals surface area contributed by atoms with Crippen molar-refractivity contribution in [2.75, 3.05) is 0 Å². The molecule has 30 heavy (non-hydrogen) atoms. The number of nitrogens with zero attached hydrogens (tertiary/aromatic N) is 2. The zero-order chi connectivity index (χ0) is 21.8. The van der Waals surface area contributed by atoms with E-state index in [2.05, 4.69) is 9.97 Å². The van der Waals surface area contributed by atoms with Crippen molar-refractivity contribution in [3.8, 4) is 0 Å². The summed E-state index contributed by atoms with van der Waals surface area (Å²) in [5.41, 5.74) is 0.725. The molecule has 3 rings (SSSR count). The predicted molar refractivity (Wildman–Crippen MR) is 103 cm³/mol. The van der Waals surface area contributed by atoms with Crippen molar-refractivity contribution < 1.29 is 26.3 Å². The van der Waals surface area contributed by atoms with Gasteiger partial charge in [-0.25, -0.2) is 0 Å². The Hall–Kier alpha value is -3.42. The van der Waals surface area contributed by atoms with Crippen LogP contribution in [-0.4, -0.2) is 9.97 Å². The van der Waals surface area contributed by atoms with Gasteiger partial charge in [-0.2, -0.15) is 26.3 Å². The van der Waals surface area contributed by atoms with E-state index in [4.69, 9.17) is 0 Å². The van der Waals surface area contributed by atoms with Gasteiger partial charge in [0.25, 0.3) is 0 Å². The van der Waals surface area contributed by atoms with E-state index in [1.165, 1.54) is 36.7 Å². The fraction of sp³-hybridized carbons (Fsp3) is 0.0909. The summed E-state index contributed by atoms with van der Waals surface area (Å²) in [5, 5.41) is 0. The second kappa shape index (κ2) is 8.52. The van der Waals surface area contributed by atoms with E-state index >= 15 is 0 Å². The van der Waals surface area contributed by atoms with Gasteiger partial charge in [-0.15, -0.1) is 0 Å². The lowest BCUT2D eigenvalue weighted by molar-refractivity contribution is -0.138. The summed E-state index contributed by atoms with van der Waals surface area (Å²) in [7, 11) is 0. The molecule has 0 amide bonds. The third kappa shape index (κ3) is 5.79. The summed E-state index contributed by atoms with van der Waals surface area (Å²) < 4.78 is 75.3. The Morgan fingerprint density at radius 2 is 0.833 bits per heavy atom. The number of benzene rings is 2. The van der Waals surface area contributed by atoms with Crippen LogP contribution in [0.5, 0.6) is 0 Å². The highest BCUT2D eigenvalue weighted by Crippen LogP contribution is 2.30. The van der Waals surface area contributed by atoms with Gasteiger partial charge >= 0.3 is 12.4 Å². The summed E-state index contributed by atoms with van der Waals surface area (Å²) >= 11 is 0. The maximum absolute atomic E-state index is 12.6. The molecule has 0 aliphatic carbocycles. The molecular weight excluding hydrogens is 406 g/mol. The van der Waals surface area contributed by atoms with Crippen molar-refractivity contribution >= 4 is 24.3 Å². The number of alkyl halides is 6. The lowest BCUT2D eigenvalue weighted by Gasteiger charge is -2.06. The van der Waals surface area contributed by atoms with Gasteiger partial charge in [0.05, 0.1) is 34.9 Å². The Labute approximate surface area is 168 Å². The van der Waals surface area contributed by atoms with E-state index in [0.29, 0.717) is 22.5 Å². The van der Waals surface area contributed by atoms with Crippen LogP contribution < -0.4 is 0 Å². The van der Waals surface area contributed by atoms with Crippen LogP contribution >= 0.6 is 0 Å². The first-order valence-electron chi connectivity index (χ1n) is 8.64. The maximum Gasteiger partial charge on any atom is 0.416 e. The third-order valence-corrected chi connectivity index (χ3v) is 4.06. The first-order chi connectivity index (χ1) is 14.1. The van der Waals surface area contributed by atoms with Gasteiger partial charge in [-0.1, -0.05) is 36.4 Å². The average molecular weight is 420 g/mol. The Bertz CT molecular complexity index is 943. The van der Waals surface area contributed by atoms with E-state index < -0.39 is 23.5 Å². The lowest BCUT2D eigenvalue weighted by atomic mass is 10.1. The summed E-state index contributed by atoms with van der Waals surface area (Å²) in [5.74, 6) is 0. The van der Waals surface area contributed by atoms with E-state index in [1.807, 2.05) is 0 Å². The SMILES string of the molecule is FC(F)(F)c1ccc(/C=C/c2cnc(/C=C/c3ccc(C(F)(F)F)cc3)cn2)cc1. The molecule has 0 unspecified atom stereocenters. The molecule has 3 aromatic rings. The molecule has 0 aliphatic rings. The summed E-state index contributed by atoms with van der Waals surface area (Å²) in [6.45, 7) is 0. The average Bonchev–Trinajstić information content (AvgIpc) is 2.71. The number of aromatic nitrogens is 2. The van der Waals surface area contributed by atoms with Crippen LogP contribution in [0.3, 0.4) is 0 Å². The normalized spacial score (nSPS) is 12.7. The molecule has 0 atom stereocenters. The van der Waals surface area contributed by atoms with Gasteiger partial charge in [-0.05, 0) is 47.5 Å². The van der Waals surface area contributed by atoms with Gasteiger partial charge in [0.2, 0.25) is 0 Å². The highest BCUT2D eigenvalue weighted by Gasteiger charge is 2.30. The van der Waals surface area contributed by atoms with E-state index in [1.54, 1.807) is 24.3 Å². The van der Waals surface area contributed by atoms with Gasteiger partial charge in [-0.3, -0.25) is 9.97 Å². The van der Waals surface area contributed by atoms with Crippen LogP contribution in [0.2, 0.25) is 0 Å². The first kappa shape index (κ1) is 21.3. The molecule has 0 fully saturated rings.